The van der Waals surface area contributed by atoms with Crippen molar-refractivity contribution in [2.45, 2.75) is 58.1 Å². The van der Waals surface area contributed by atoms with Crippen LogP contribution < -0.4 is 9.62 Å². The van der Waals surface area contributed by atoms with Crippen LogP contribution in [0.4, 0.5) is 5.69 Å². The van der Waals surface area contributed by atoms with Gasteiger partial charge in [0, 0.05) is 17.1 Å². The molecule has 0 aliphatic rings. The minimum Gasteiger partial charge on any atom is -0.352 e. The average Bonchev–Trinajstić information content (AvgIpc) is 2.88. The van der Waals surface area contributed by atoms with Gasteiger partial charge in [0.15, 0.2) is 0 Å². The number of sulfonamides is 1. The number of benzene rings is 3. The maximum absolute atomic E-state index is 13.9. The summed E-state index contributed by atoms with van der Waals surface area (Å²) >= 11 is 3.42. The second-order valence-electron chi connectivity index (χ2n) is 9.60. The Balaban J connectivity index is 2.06. The predicted octanol–water partition coefficient (Wildman–Crippen LogP) is 5.20. The van der Waals surface area contributed by atoms with Gasteiger partial charge in [0.1, 0.15) is 12.6 Å². The molecule has 1 unspecified atom stereocenters. The Bertz CT molecular complexity index is 1380. The van der Waals surface area contributed by atoms with Gasteiger partial charge < -0.3 is 10.2 Å². The highest BCUT2D eigenvalue weighted by Gasteiger charge is 2.33. The van der Waals surface area contributed by atoms with Crippen LogP contribution in [0.25, 0.3) is 0 Å². The first kappa shape index (κ1) is 29.4. The molecule has 0 aliphatic carbocycles. The van der Waals surface area contributed by atoms with Crippen molar-refractivity contribution in [3.8, 4) is 0 Å². The third kappa shape index (κ3) is 7.23. The molecule has 0 bridgehead atoms. The quantitative estimate of drug-likeness (QED) is 0.347. The van der Waals surface area contributed by atoms with Gasteiger partial charge in [0.25, 0.3) is 10.0 Å². The molecule has 9 heteroatoms. The fourth-order valence-electron chi connectivity index (χ4n) is 4.00. The minimum atomic E-state index is -4.09. The molecule has 0 spiro atoms. The van der Waals surface area contributed by atoms with E-state index in [0.717, 1.165) is 19.9 Å². The number of aryl methyl sites for hydroxylation is 2. The molecule has 7 nitrogen and oxygen atoms in total. The van der Waals surface area contributed by atoms with E-state index >= 15 is 0 Å². The molecule has 1 N–H and O–H groups in total. The van der Waals surface area contributed by atoms with E-state index in [1.54, 1.807) is 31.2 Å². The van der Waals surface area contributed by atoms with Crippen molar-refractivity contribution in [1.29, 1.82) is 0 Å². The Hall–Kier alpha value is -3.17. The van der Waals surface area contributed by atoms with E-state index in [1.807, 2.05) is 64.1 Å². The fraction of sp³-hybridized carbons (Fsp3) is 0.310. The van der Waals surface area contributed by atoms with Gasteiger partial charge in [-0.05, 0) is 81.6 Å². The summed E-state index contributed by atoms with van der Waals surface area (Å²) in [6.07, 6.45) is 0. The molecule has 3 aromatic carbocycles. The Labute approximate surface area is 234 Å². The minimum absolute atomic E-state index is 0.0822. The fourth-order valence-corrected chi connectivity index (χ4v) is 5.75. The van der Waals surface area contributed by atoms with Crippen LogP contribution in [0.1, 0.15) is 37.5 Å². The molecule has 0 fully saturated rings. The van der Waals surface area contributed by atoms with Crippen LogP contribution in [0, 0.1) is 13.8 Å². The van der Waals surface area contributed by atoms with Gasteiger partial charge in [0.2, 0.25) is 11.8 Å². The molecule has 202 valence electrons. The Kier molecular flexibility index (Phi) is 9.73. The summed E-state index contributed by atoms with van der Waals surface area (Å²) in [5.74, 6) is -0.797. The number of carbonyl (C=O) groups is 2. The van der Waals surface area contributed by atoms with Crippen molar-refractivity contribution in [1.82, 2.24) is 10.2 Å². The summed E-state index contributed by atoms with van der Waals surface area (Å²) in [4.78, 5) is 28.4. The standard InChI is InChI=1S/C29H34BrN3O4S/c1-20(2)31-29(35)23(5)32(18-24-13-15-25(30)16-14-24)28(34)19-33(27-17-21(3)11-12-22(27)4)38(36,37)26-9-7-6-8-10-26/h6-17,20,23H,18-19H2,1-5H3,(H,31,35). The molecule has 3 rings (SSSR count). The highest BCUT2D eigenvalue weighted by atomic mass is 79.9. The van der Waals surface area contributed by atoms with Crippen molar-refractivity contribution < 1.29 is 18.0 Å². The smallest absolute Gasteiger partial charge is 0.264 e. The molecular weight excluding hydrogens is 566 g/mol. The summed E-state index contributed by atoms with van der Waals surface area (Å²) in [6, 6.07) is 20.0. The number of nitrogens with zero attached hydrogens (tertiary/aromatic N) is 2. The van der Waals surface area contributed by atoms with Gasteiger partial charge in [-0.3, -0.25) is 13.9 Å². The molecular formula is C29H34BrN3O4S. The molecule has 1 atom stereocenters. The summed E-state index contributed by atoms with van der Waals surface area (Å²) in [6.45, 7) is 8.71. The number of nitrogens with one attached hydrogen (secondary N) is 1. The van der Waals surface area contributed by atoms with Gasteiger partial charge in [-0.2, -0.15) is 0 Å². The molecule has 0 aromatic heterocycles. The topological polar surface area (TPSA) is 86.8 Å². The SMILES string of the molecule is Cc1ccc(C)c(N(CC(=O)N(Cc2ccc(Br)cc2)C(C)C(=O)NC(C)C)S(=O)(=O)c2ccccc2)c1. The van der Waals surface area contributed by atoms with Gasteiger partial charge in [0.05, 0.1) is 10.6 Å². The first-order valence-electron chi connectivity index (χ1n) is 12.4. The Morgan fingerprint density at radius 3 is 2.16 bits per heavy atom. The second-order valence-corrected chi connectivity index (χ2v) is 12.4. The lowest BCUT2D eigenvalue weighted by Gasteiger charge is -2.33. The van der Waals surface area contributed by atoms with Crippen molar-refractivity contribution in [3.05, 3.63) is 94.0 Å². The molecule has 0 aliphatic heterocycles. The molecule has 0 radical (unpaired) electrons. The zero-order valence-corrected chi connectivity index (χ0v) is 24.7. The first-order valence-corrected chi connectivity index (χ1v) is 14.6. The maximum Gasteiger partial charge on any atom is 0.264 e. The van der Waals surface area contributed by atoms with Gasteiger partial charge in [-0.15, -0.1) is 0 Å². The second kappa shape index (κ2) is 12.6. The van der Waals surface area contributed by atoms with Crippen LogP contribution in [0.2, 0.25) is 0 Å². The van der Waals surface area contributed by atoms with E-state index in [1.165, 1.54) is 17.0 Å². The molecule has 2 amide bonds. The first-order chi connectivity index (χ1) is 17.9. The van der Waals surface area contributed by atoms with E-state index in [-0.39, 0.29) is 23.4 Å². The number of anilines is 1. The Morgan fingerprint density at radius 1 is 0.921 bits per heavy atom. The number of rotatable bonds is 10. The summed E-state index contributed by atoms with van der Waals surface area (Å²) in [7, 11) is -4.09. The Morgan fingerprint density at radius 2 is 1.55 bits per heavy atom. The molecule has 38 heavy (non-hydrogen) atoms. The molecule has 0 heterocycles. The molecule has 0 saturated heterocycles. The number of halogens is 1. The van der Waals surface area contributed by atoms with Crippen LogP contribution in [0.15, 0.2) is 82.2 Å². The zero-order valence-electron chi connectivity index (χ0n) is 22.3. The summed E-state index contributed by atoms with van der Waals surface area (Å²) < 4.78 is 29.8. The molecule has 3 aromatic rings. The predicted molar refractivity (Wildman–Crippen MR) is 154 cm³/mol. The monoisotopic (exact) mass is 599 g/mol. The van der Waals surface area contributed by atoms with E-state index in [0.29, 0.717) is 11.3 Å². The van der Waals surface area contributed by atoms with Crippen LogP contribution >= 0.6 is 15.9 Å². The van der Waals surface area contributed by atoms with Crippen LogP contribution in [0.5, 0.6) is 0 Å². The van der Waals surface area contributed by atoms with Crippen molar-refractivity contribution in [2.24, 2.45) is 0 Å². The molecule has 0 saturated carbocycles. The van der Waals surface area contributed by atoms with Crippen LogP contribution in [-0.2, 0) is 26.2 Å². The van der Waals surface area contributed by atoms with Gasteiger partial charge in [-0.1, -0.05) is 58.4 Å². The highest BCUT2D eigenvalue weighted by Crippen LogP contribution is 2.28. The van der Waals surface area contributed by atoms with Crippen molar-refractivity contribution in [3.63, 3.8) is 0 Å². The van der Waals surface area contributed by atoms with Crippen molar-refractivity contribution >= 4 is 43.5 Å². The average molecular weight is 601 g/mol. The van der Waals surface area contributed by atoms with E-state index < -0.39 is 28.5 Å². The number of hydrogen-bond acceptors (Lipinski definition) is 4. The summed E-state index contributed by atoms with van der Waals surface area (Å²) in [5.41, 5.74) is 2.82. The lowest BCUT2D eigenvalue weighted by molar-refractivity contribution is -0.139. The van der Waals surface area contributed by atoms with Gasteiger partial charge >= 0.3 is 0 Å². The number of carbonyl (C=O) groups excluding carboxylic acids is 2. The zero-order chi connectivity index (χ0) is 28.0. The van der Waals surface area contributed by atoms with E-state index in [9.17, 15) is 18.0 Å². The van der Waals surface area contributed by atoms with Gasteiger partial charge in [-0.25, -0.2) is 8.42 Å². The number of hydrogen-bond donors (Lipinski definition) is 1. The van der Waals surface area contributed by atoms with E-state index in [2.05, 4.69) is 21.2 Å². The normalized spacial score (nSPS) is 12.2. The third-order valence-corrected chi connectivity index (χ3v) is 8.41. The number of amides is 2. The highest BCUT2D eigenvalue weighted by molar-refractivity contribution is 9.10. The van der Waals surface area contributed by atoms with Crippen LogP contribution in [0.3, 0.4) is 0 Å². The van der Waals surface area contributed by atoms with Crippen molar-refractivity contribution in [2.75, 3.05) is 10.8 Å². The lowest BCUT2D eigenvalue weighted by atomic mass is 10.1. The third-order valence-electron chi connectivity index (χ3n) is 6.11. The lowest BCUT2D eigenvalue weighted by Crippen LogP contribution is -2.52. The van der Waals surface area contributed by atoms with Crippen LogP contribution in [-0.4, -0.2) is 43.8 Å². The largest absolute Gasteiger partial charge is 0.352 e. The van der Waals surface area contributed by atoms with E-state index in [4.69, 9.17) is 0 Å². The maximum atomic E-state index is 13.9. The summed E-state index contributed by atoms with van der Waals surface area (Å²) in [5, 5.41) is 2.86.